The van der Waals surface area contributed by atoms with Gasteiger partial charge in [-0.25, -0.2) is 0 Å². The second-order valence-corrected chi connectivity index (χ2v) is 9.99. The number of benzene rings is 1. The van der Waals surface area contributed by atoms with Crippen LogP contribution in [-0.4, -0.2) is 76.4 Å². The summed E-state index contributed by atoms with van der Waals surface area (Å²) < 4.78 is 40.6. The molecule has 0 bridgehead atoms. The molecule has 1 aromatic heterocycles. The van der Waals surface area contributed by atoms with Gasteiger partial charge in [0.1, 0.15) is 5.69 Å². The molecule has 3 atom stereocenters. The molecule has 5 rings (SSSR count). The molecule has 3 aliphatic rings. The Balaban J connectivity index is 1.10. The van der Waals surface area contributed by atoms with Crippen molar-refractivity contribution in [3.05, 3.63) is 47.8 Å². The molecule has 2 saturated heterocycles. The molecule has 11 heteroatoms. The van der Waals surface area contributed by atoms with E-state index in [-0.39, 0.29) is 11.5 Å². The number of halogens is 3. The van der Waals surface area contributed by atoms with E-state index in [0.29, 0.717) is 18.2 Å². The van der Waals surface area contributed by atoms with Crippen LogP contribution in [0, 0.1) is 5.92 Å². The molecule has 0 amide bonds. The molecule has 3 aliphatic heterocycles. The number of para-hydroxylation sites is 1. The van der Waals surface area contributed by atoms with Gasteiger partial charge in [0, 0.05) is 44.6 Å². The first-order chi connectivity index (χ1) is 15.9. The van der Waals surface area contributed by atoms with Gasteiger partial charge in [0.25, 0.3) is 0 Å². The van der Waals surface area contributed by atoms with Crippen LogP contribution in [0.25, 0.3) is 0 Å². The van der Waals surface area contributed by atoms with Gasteiger partial charge in [-0.2, -0.15) is 23.4 Å². The first kappa shape index (κ1) is 22.4. The predicted octanol–water partition coefficient (Wildman–Crippen LogP) is 3.24. The largest absolute Gasteiger partial charge is 0.418 e. The van der Waals surface area contributed by atoms with Crippen molar-refractivity contribution in [2.24, 2.45) is 11.0 Å². The number of anilines is 1. The van der Waals surface area contributed by atoms with Crippen LogP contribution in [0.1, 0.15) is 24.1 Å². The van der Waals surface area contributed by atoms with E-state index in [1.165, 1.54) is 12.1 Å². The first-order valence-corrected chi connectivity index (χ1v) is 12.3. The summed E-state index contributed by atoms with van der Waals surface area (Å²) >= 11 is 1.80. The number of thioether (sulfide) groups is 1. The molecule has 1 aromatic carbocycles. The average molecular weight is 480 g/mol. The molecule has 2 aromatic rings. The Hall–Kier alpha value is -2.40. The van der Waals surface area contributed by atoms with Gasteiger partial charge in [-0.05, 0) is 49.3 Å². The van der Waals surface area contributed by atoms with Crippen LogP contribution in [0.4, 0.5) is 18.9 Å². The quantitative estimate of drug-likeness (QED) is 0.595. The molecule has 33 heavy (non-hydrogen) atoms. The zero-order valence-corrected chi connectivity index (χ0v) is 19.2. The van der Waals surface area contributed by atoms with E-state index >= 15 is 0 Å². The highest BCUT2D eigenvalue weighted by Crippen LogP contribution is 2.41. The van der Waals surface area contributed by atoms with Gasteiger partial charge in [0.05, 0.1) is 5.56 Å². The number of hydrogen-bond donors (Lipinski definition) is 2. The minimum atomic E-state index is -4.33. The summed E-state index contributed by atoms with van der Waals surface area (Å²) in [6, 6.07) is 8.05. The summed E-state index contributed by atoms with van der Waals surface area (Å²) in [7, 11) is 2.01. The topological polar surface area (TPSA) is 62.8 Å². The third-order valence-corrected chi connectivity index (χ3v) is 8.01. The Bertz CT molecular complexity index is 981. The lowest BCUT2D eigenvalue weighted by Gasteiger charge is -2.29. The van der Waals surface area contributed by atoms with E-state index in [0.717, 1.165) is 49.8 Å². The number of amidine groups is 1. The van der Waals surface area contributed by atoms with Crippen LogP contribution >= 0.6 is 11.8 Å². The van der Waals surface area contributed by atoms with Gasteiger partial charge < -0.3 is 14.7 Å². The zero-order valence-electron chi connectivity index (χ0n) is 18.4. The molecule has 2 fully saturated rings. The van der Waals surface area contributed by atoms with E-state index in [1.54, 1.807) is 30.1 Å². The molecule has 0 aliphatic carbocycles. The van der Waals surface area contributed by atoms with Crippen molar-refractivity contribution >= 4 is 23.3 Å². The lowest BCUT2D eigenvalue weighted by molar-refractivity contribution is -0.137. The summed E-state index contributed by atoms with van der Waals surface area (Å²) in [5, 5.41) is 11.3. The van der Waals surface area contributed by atoms with Gasteiger partial charge in [-0.15, -0.1) is 11.8 Å². The highest BCUT2D eigenvalue weighted by atomic mass is 32.2. The number of aromatic amines is 1. The van der Waals surface area contributed by atoms with Crippen LogP contribution in [0.3, 0.4) is 0 Å². The number of H-pyrrole nitrogens is 1. The molecule has 2 N–H and O–H groups in total. The maximum Gasteiger partial charge on any atom is 0.418 e. The van der Waals surface area contributed by atoms with Crippen molar-refractivity contribution in [3.8, 4) is 0 Å². The van der Waals surface area contributed by atoms with E-state index in [9.17, 15) is 13.2 Å². The van der Waals surface area contributed by atoms with Gasteiger partial charge in [0.15, 0.2) is 11.3 Å². The van der Waals surface area contributed by atoms with Crippen LogP contribution in [0.2, 0.25) is 0 Å². The molecule has 0 radical (unpaired) electrons. The van der Waals surface area contributed by atoms with E-state index in [2.05, 4.69) is 30.5 Å². The summed E-state index contributed by atoms with van der Waals surface area (Å²) in [6.45, 7) is 3.45. The fourth-order valence-corrected chi connectivity index (χ4v) is 6.12. The van der Waals surface area contributed by atoms with Crippen molar-refractivity contribution in [1.82, 2.24) is 25.4 Å². The number of nitrogens with one attached hydrogen (secondary N) is 2. The molecular formula is C22H28F3N7S. The van der Waals surface area contributed by atoms with Crippen molar-refractivity contribution in [2.75, 3.05) is 43.9 Å². The highest BCUT2D eigenvalue weighted by Gasteiger charge is 2.44. The summed E-state index contributed by atoms with van der Waals surface area (Å²) in [5.41, 5.74) is 3.93. The Morgan fingerprint density at radius 2 is 2.03 bits per heavy atom. The van der Waals surface area contributed by atoms with E-state index in [1.807, 2.05) is 18.0 Å². The van der Waals surface area contributed by atoms with Crippen molar-refractivity contribution in [2.45, 2.75) is 30.6 Å². The molecular weight excluding hydrogens is 451 g/mol. The molecule has 4 heterocycles. The Morgan fingerprint density at radius 3 is 2.82 bits per heavy atom. The zero-order chi connectivity index (χ0) is 23.0. The van der Waals surface area contributed by atoms with Crippen molar-refractivity contribution in [1.29, 1.82) is 0 Å². The Labute approximate surface area is 195 Å². The number of hydrogen-bond acceptors (Lipinski definition) is 7. The highest BCUT2D eigenvalue weighted by molar-refractivity contribution is 7.99. The number of rotatable bonds is 7. The minimum absolute atomic E-state index is 0.0793. The molecule has 178 valence electrons. The molecule has 7 nitrogen and oxygen atoms in total. The summed E-state index contributed by atoms with van der Waals surface area (Å²) in [6.07, 6.45) is -0.645. The van der Waals surface area contributed by atoms with Crippen LogP contribution < -0.4 is 10.3 Å². The molecule has 0 spiro atoms. The van der Waals surface area contributed by atoms with Crippen LogP contribution in [0.5, 0.6) is 0 Å². The maximum absolute atomic E-state index is 13.5. The predicted molar refractivity (Wildman–Crippen MR) is 124 cm³/mol. The van der Waals surface area contributed by atoms with Crippen LogP contribution in [0.15, 0.2) is 41.6 Å². The lowest BCUT2D eigenvalue weighted by Crippen LogP contribution is -2.37. The Morgan fingerprint density at radius 1 is 1.18 bits per heavy atom. The fourth-order valence-electron chi connectivity index (χ4n) is 5.15. The maximum atomic E-state index is 13.5. The normalized spacial score (nSPS) is 25.5. The number of alkyl halides is 3. The molecule has 3 unspecified atom stereocenters. The Kier molecular flexibility index (Phi) is 6.17. The smallest absolute Gasteiger partial charge is 0.366 e. The van der Waals surface area contributed by atoms with Gasteiger partial charge in [0.2, 0.25) is 0 Å². The van der Waals surface area contributed by atoms with E-state index in [4.69, 9.17) is 0 Å². The monoisotopic (exact) mass is 479 g/mol. The van der Waals surface area contributed by atoms with Crippen molar-refractivity contribution < 1.29 is 13.2 Å². The second kappa shape index (κ2) is 9.09. The summed E-state index contributed by atoms with van der Waals surface area (Å²) in [4.78, 5) is 6.50. The average Bonchev–Trinajstić information content (AvgIpc) is 3.56. The first-order valence-electron chi connectivity index (χ1n) is 11.2. The van der Waals surface area contributed by atoms with Gasteiger partial charge in [-0.3, -0.25) is 10.5 Å². The number of aromatic nitrogens is 2. The number of likely N-dealkylation sites (tertiary alicyclic amines) is 1. The third-order valence-electron chi connectivity index (χ3n) is 6.74. The van der Waals surface area contributed by atoms with Crippen molar-refractivity contribution in [3.63, 3.8) is 0 Å². The van der Waals surface area contributed by atoms with Gasteiger partial charge in [-0.1, -0.05) is 12.1 Å². The fraction of sp³-hybridized carbons (Fsp3) is 0.545. The second-order valence-electron chi connectivity index (χ2n) is 8.81. The number of fused-ring (bicyclic) bond motifs is 1. The van der Waals surface area contributed by atoms with E-state index < -0.39 is 11.7 Å². The van der Waals surface area contributed by atoms with Gasteiger partial charge >= 0.3 is 6.18 Å². The number of hydrazone groups is 1. The third kappa shape index (κ3) is 4.52. The lowest BCUT2D eigenvalue weighted by atomic mass is 10.0. The molecule has 0 saturated carbocycles. The minimum Gasteiger partial charge on any atom is -0.366 e. The SMILES string of the molecule is CN1C(c2ccn[nH]2)=NNC1SCCCN1CC2CCN(c3ccccc3C(F)(F)F)C2C1. The number of nitrogens with zero attached hydrogens (tertiary/aromatic N) is 5. The standard InChI is InChI=1S/C22H28F3N7S/c1-30-20(17-7-9-26-27-17)28-29-21(30)33-12-4-10-31-13-15-8-11-32(19(15)14-31)18-6-3-2-5-16(18)22(23,24)25/h2-3,5-7,9,15,19,21,29H,4,8,10-14H2,1H3,(H,26,27). The summed E-state index contributed by atoms with van der Waals surface area (Å²) in [5.74, 6) is 2.25. The van der Waals surface area contributed by atoms with Crippen LogP contribution in [-0.2, 0) is 6.18 Å².